The number of hydrogen-bond donors (Lipinski definition) is 0. The van der Waals surface area contributed by atoms with Crippen molar-refractivity contribution in [1.29, 1.82) is 0 Å². The van der Waals surface area contributed by atoms with Gasteiger partial charge in [0, 0.05) is 29.0 Å². The van der Waals surface area contributed by atoms with E-state index in [1.807, 2.05) is 6.92 Å². The van der Waals surface area contributed by atoms with Crippen LogP contribution < -0.4 is 0 Å². The van der Waals surface area contributed by atoms with Gasteiger partial charge in [0.2, 0.25) is 5.78 Å². The van der Waals surface area contributed by atoms with E-state index in [9.17, 15) is 4.79 Å². The number of carbonyl (C=O) groups excluding carboxylic acids is 1. The van der Waals surface area contributed by atoms with Crippen LogP contribution in [0.3, 0.4) is 0 Å². The minimum atomic E-state index is -0.164. The Bertz CT molecular complexity index is 565. The highest BCUT2D eigenvalue weighted by atomic mass is 79.9. The van der Waals surface area contributed by atoms with E-state index in [0.717, 1.165) is 4.47 Å². The Morgan fingerprint density at radius 3 is 3.00 bits per heavy atom. The summed E-state index contributed by atoms with van der Waals surface area (Å²) in [4.78, 5) is 16.3. The van der Waals surface area contributed by atoms with E-state index in [1.54, 1.807) is 35.2 Å². The smallest absolute Gasteiger partial charge is 0.229 e. The van der Waals surface area contributed by atoms with Crippen LogP contribution in [0.2, 0.25) is 5.02 Å². The van der Waals surface area contributed by atoms with Crippen LogP contribution in [0.1, 0.15) is 23.1 Å². The average Bonchev–Trinajstić information content (AvgIpc) is 2.79. The van der Waals surface area contributed by atoms with E-state index in [4.69, 9.17) is 11.6 Å². The van der Waals surface area contributed by atoms with Crippen LogP contribution in [0, 0.1) is 0 Å². The Balaban J connectivity index is 2.47. The van der Waals surface area contributed by atoms with Crippen LogP contribution in [0.5, 0.6) is 0 Å². The second kappa shape index (κ2) is 5.02. The van der Waals surface area contributed by atoms with Crippen molar-refractivity contribution in [2.75, 3.05) is 0 Å². The van der Waals surface area contributed by atoms with Crippen LogP contribution in [0.4, 0.5) is 0 Å². The first-order valence-electron chi connectivity index (χ1n) is 5.14. The van der Waals surface area contributed by atoms with E-state index in [2.05, 4.69) is 20.9 Å². The summed E-state index contributed by atoms with van der Waals surface area (Å²) in [6.07, 6.45) is 3.39. The molecule has 0 amide bonds. The number of ketones is 1. The molecule has 1 aromatic carbocycles. The van der Waals surface area contributed by atoms with E-state index >= 15 is 0 Å². The Morgan fingerprint density at radius 1 is 1.53 bits per heavy atom. The van der Waals surface area contributed by atoms with Crippen molar-refractivity contribution in [1.82, 2.24) is 9.55 Å². The average molecular weight is 314 g/mol. The zero-order valence-electron chi connectivity index (χ0n) is 9.15. The number of carbonyl (C=O) groups is 1. The lowest BCUT2D eigenvalue weighted by Gasteiger charge is -2.06. The van der Waals surface area contributed by atoms with Crippen LogP contribution in [-0.2, 0) is 6.54 Å². The summed E-state index contributed by atoms with van der Waals surface area (Å²) in [6, 6.07) is 5.20. The van der Waals surface area contributed by atoms with Gasteiger partial charge in [-0.15, -0.1) is 0 Å². The summed E-state index contributed by atoms with van der Waals surface area (Å²) in [6.45, 7) is 2.66. The molecule has 0 N–H and O–H groups in total. The molecule has 1 aromatic heterocycles. The molecule has 0 fully saturated rings. The standard InChI is InChI=1S/C12H10BrClN2O/c1-2-16-6-5-15-12(16)11(17)9-7-8(13)3-4-10(9)14/h3-7H,2H2,1H3. The van der Waals surface area contributed by atoms with Crippen molar-refractivity contribution in [3.63, 3.8) is 0 Å². The van der Waals surface area contributed by atoms with Crippen molar-refractivity contribution in [3.05, 3.63) is 51.5 Å². The van der Waals surface area contributed by atoms with Gasteiger partial charge in [-0.1, -0.05) is 27.5 Å². The second-order valence-corrected chi connectivity index (χ2v) is 4.81. The van der Waals surface area contributed by atoms with Crippen molar-refractivity contribution in [3.8, 4) is 0 Å². The molecule has 2 aromatic rings. The van der Waals surface area contributed by atoms with Gasteiger partial charge in [-0.3, -0.25) is 4.79 Å². The Labute approximate surface area is 113 Å². The molecule has 0 unspecified atom stereocenters. The number of halogens is 2. The number of imidazole rings is 1. The molecular formula is C12H10BrClN2O. The van der Waals surface area contributed by atoms with Crippen molar-refractivity contribution in [2.24, 2.45) is 0 Å². The van der Waals surface area contributed by atoms with Crippen LogP contribution in [0.25, 0.3) is 0 Å². The first-order valence-corrected chi connectivity index (χ1v) is 6.31. The molecule has 0 radical (unpaired) electrons. The normalized spacial score (nSPS) is 10.5. The zero-order chi connectivity index (χ0) is 12.4. The third-order valence-electron chi connectivity index (χ3n) is 2.43. The fraction of sp³-hybridized carbons (Fsp3) is 0.167. The number of aryl methyl sites for hydroxylation is 1. The summed E-state index contributed by atoms with van der Waals surface area (Å²) < 4.78 is 2.61. The fourth-order valence-corrected chi connectivity index (χ4v) is 2.13. The summed E-state index contributed by atoms with van der Waals surface area (Å²) >= 11 is 9.35. The lowest BCUT2D eigenvalue weighted by Crippen LogP contribution is -2.11. The van der Waals surface area contributed by atoms with Crippen molar-refractivity contribution < 1.29 is 4.79 Å². The molecule has 0 saturated heterocycles. The van der Waals surface area contributed by atoms with Gasteiger partial charge in [-0.2, -0.15) is 0 Å². The van der Waals surface area contributed by atoms with Gasteiger partial charge in [0.15, 0.2) is 5.82 Å². The number of benzene rings is 1. The second-order valence-electron chi connectivity index (χ2n) is 3.49. The monoisotopic (exact) mass is 312 g/mol. The highest BCUT2D eigenvalue weighted by Gasteiger charge is 2.17. The van der Waals surface area contributed by atoms with Crippen molar-refractivity contribution in [2.45, 2.75) is 13.5 Å². The molecule has 3 nitrogen and oxygen atoms in total. The summed E-state index contributed by atoms with van der Waals surface area (Å²) in [5.41, 5.74) is 0.460. The maximum atomic E-state index is 12.3. The van der Waals surface area contributed by atoms with Gasteiger partial charge in [0.25, 0.3) is 0 Å². The molecular weight excluding hydrogens is 304 g/mol. The molecule has 88 valence electrons. The highest BCUT2D eigenvalue weighted by Crippen LogP contribution is 2.23. The van der Waals surface area contributed by atoms with Gasteiger partial charge >= 0.3 is 0 Å². The number of aromatic nitrogens is 2. The van der Waals surface area contributed by atoms with Crippen molar-refractivity contribution >= 4 is 33.3 Å². The first kappa shape index (κ1) is 12.3. The third kappa shape index (κ3) is 2.42. The zero-order valence-corrected chi connectivity index (χ0v) is 11.5. The molecule has 0 atom stereocenters. The Morgan fingerprint density at radius 2 is 2.29 bits per heavy atom. The van der Waals surface area contributed by atoms with Gasteiger partial charge in [0.05, 0.1) is 5.02 Å². The van der Waals surface area contributed by atoms with Gasteiger partial charge < -0.3 is 4.57 Å². The first-order chi connectivity index (χ1) is 8.13. The van der Waals surface area contributed by atoms with E-state index in [1.165, 1.54) is 0 Å². The lowest BCUT2D eigenvalue weighted by molar-refractivity contribution is 0.102. The van der Waals surface area contributed by atoms with Crippen LogP contribution in [0.15, 0.2) is 35.1 Å². The van der Waals surface area contributed by atoms with Crippen LogP contribution >= 0.6 is 27.5 Å². The number of rotatable bonds is 3. The van der Waals surface area contributed by atoms with E-state index in [-0.39, 0.29) is 5.78 Å². The summed E-state index contributed by atoms with van der Waals surface area (Å²) in [5.74, 6) is 0.246. The summed E-state index contributed by atoms with van der Waals surface area (Å²) in [5, 5.41) is 0.434. The topological polar surface area (TPSA) is 34.9 Å². The molecule has 0 bridgehead atoms. The molecule has 0 saturated carbocycles. The Kier molecular flexibility index (Phi) is 3.64. The van der Waals surface area contributed by atoms with Gasteiger partial charge in [0.1, 0.15) is 0 Å². The number of nitrogens with zero attached hydrogens (tertiary/aromatic N) is 2. The molecule has 2 rings (SSSR count). The molecule has 0 aliphatic heterocycles. The largest absolute Gasteiger partial charge is 0.328 e. The molecule has 0 aliphatic carbocycles. The lowest BCUT2D eigenvalue weighted by atomic mass is 10.1. The molecule has 17 heavy (non-hydrogen) atoms. The fourth-order valence-electron chi connectivity index (χ4n) is 1.57. The van der Waals surface area contributed by atoms with Crippen LogP contribution in [-0.4, -0.2) is 15.3 Å². The molecule has 0 aliphatic rings. The SMILES string of the molecule is CCn1ccnc1C(=O)c1cc(Br)ccc1Cl. The molecule has 1 heterocycles. The van der Waals surface area contributed by atoms with Gasteiger partial charge in [-0.05, 0) is 25.1 Å². The summed E-state index contributed by atoms with van der Waals surface area (Å²) in [7, 11) is 0. The quantitative estimate of drug-likeness (QED) is 0.812. The van der Waals surface area contributed by atoms with E-state index < -0.39 is 0 Å². The predicted molar refractivity (Wildman–Crippen MR) is 70.5 cm³/mol. The molecule has 0 spiro atoms. The Hall–Kier alpha value is -1.13. The maximum absolute atomic E-state index is 12.3. The minimum absolute atomic E-state index is 0.164. The minimum Gasteiger partial charge on any atom is -0.328 e. The van der Waals surface area contributed by atoms with E-state index in [0.29, 0.717) is 23.0 Å². The predicted octanol–water partition coefficient (Wildman–Crippen LogP) is 3.55. The van der Waals surface area contributed by atoms with Gasteiger partial charge in [-0.25, -0.2) is 4.98 Å². The third-order valence-corrected chi connectivity index (χ3v) is 3.26. The maximum Gasteiger partial charge on any atom is 0.229 e. The molecule has 5 heteroatoms. The highest BCUT2D eigenvalue weighted by molar-refractivity contribution is 9.10. The number of hydrogen-bond acceptors (Lipinski definition) is 2.